The normalized spacial score (nSPS) is 16.8. The quantitative estimate of drug-likeness (QED) is 0.0926. The van der Waals surface area contributed by atoms with Crippen LogP contribution in [0, 0.1) is 11.8 Å². The lowest BCUT2D eigenvalue weighted by Crippen LogP contribution is -2.43. The lowest BCUT2D eigenvalue weighted by Gasteiger charge is -2.33. The molecule has 2 atom stereocenters. The van der Waals surface area contributed by atoms with Crippen LogP contribution in [0.2, 0.25) is 0 Å². The summed E-state index contributed by atoms with van der Waals surface area (Å²) in [5, 5.41) is 9.07. The number of primary amides is 1. The van der Waals surface area contributed by atoms with Crippen molar-refractivity contribution in [2.45, 2.75) is 63.1 Å². The lowest BCUT2D eigenvalue weighted by molar-refractivity contribution is -0.143. The monoisotopic (exact) mass is 795 g/mol. The number of carbonyl (C=O) groups is 4. The predicted molar refractivity (Wildman–Crippen MR) is 191 cm³/mol. The van der Waals surface area contributed by atoms with Gasteiger partial charge in [0, 0.05) is 37.7 Å². The molecule has 55 heavy (non-hydrogen) atoms. The van der Waals surface area contributed by atoms with E-state index in [0.717, 1.165) is 50.4 Å². The highest BCUT2D eigenvalue weighted by Gasteiger charge is 2.32. The van der Waals surface area contributed by atoms with Crippen LogP contribution in [0.1, 0.15) is 46.5 Å². The molecule has 19 heteroatoms. The van der Waals surface area contributed by atoms with Gasteiger partial charge in [0.2, 0.25) is 5.91 Å². The van der Waals surface area contributed by atoms with Gasteiger partial charge in [-0.2, -0.15) is 22.0 Å². The van der Waals surface area contributed by atoms with Crippen LogP contribution < -0.4 is 26.4 Å². The van der Waals surface area contributed by atoms with Crippen LogP contribution in [0.15, 0.2) is 36.4 Å². The van der Waals surface area contributed by atoms with Gasteiger partial charge in [0.15, 0.2) is 6.10 Å². The van der Waals surface area contributed by atoms with E-state index in [1.807, 2.05) is 6.07 Å². The molecule has 2 amide bonds. The highest BCUT2D eigenvalue weighted by Crippen LogP contribution is 2.39. The van der Waals surface area contributed by atoms with Crippen molar-refractivity contribution in [3.8, 4) is 17.6 Å². The second-order valence-electron chi connectivity index (χ2n) is 12.7. The number of hydrogen-bond acceptors (Lipinski definition) is 12. The molecule has 5 rings (SSSR count). The summed E-state index contributed by atoms with van der Waals surface area (Å²) in [5.74, 6) is 2.73. The third-order valence-corrected chi connectivity index (χ3v) is 9.95. The van der Waals surface area contributed by atoms with E-state index < -0.39 is 54.9 Å². The fourth-order valence-electron chi connectivity index (χ4n) is 6.17. The number of rotatable bonds is 15. The third-order valence-electron chi connectivity index (χ3n) is 8.75. The zero-order valence-electron chi connectivity index (χ0n) is 29.4. The Balaban J connectivity index is 1.29. The van der Waals surface area contributed by atoms with Crippen LogP contribution in [0.4, 0.5) is 38.1 Å². The first-order valence-corrected chi connectivity index (χ1v) is 17.9. The van der Waals surface area contributed by atoms with Crippen LogP contribution in [0.3, 0.4) is 0 Å². The zero-order valence-corrected chi connectivity index (χ0v) is 30.2. The Labute approximate surface area is 316 Å². The SMILES string of the molecule is COC(=O)C(CCC(N)=O)NC(=O)c1ccc(NCC#Cc2sc3c(NC4CCN(CC5COC(=O)O5)CC4)cccc3c2CC(F)(F)F)c(OC(F)F)c1. The van der Waals surface area contributed by atoms with Gasteiger partial charge in [-0.05, 0) is 54.5 Å². The Morgan fingerprint density at radius 3 is 2.55 bits per heavy atom. The molecule has 2 aliphatic rings. The zero-order chi connectivity index (χ0) is 39.7. The van der Waals surface area contributed by atoms with Crippen LogP contribution >= 0.6 is 11.3 Å². The number of nitrogens with one attached hydrogen (secondary N) is 3. The molecular formula is C36H38F5N5O8S. The van der Waals surface area contributed by atoms with Crippen molar-refractivity contribution < 1.29 is 60.1 Å². The summed E-state index contributed by atoms with van der Waals surface area (Å²) < 4.78 is 87.9. The number of hydrogen-bond donors (Lipinski definition) is 4. The third kappa shape index (κ3) is 11.6. The number of nitrogens with zero attached hydrogens (tertiary/aromatic N) is 1. The first-order valence-electron chi connectivity index (χ1n) is 17.1. The van der Waals surface area contributed by atoms with Crippen molar-refractivity contribution in [3.05, 3.63) is 52.4 Å². The number of likely N-dealkylation sites (tertiary alicyclic amines) is 1. The molecular weight excluding hydrogens is 757 g/mol. The number of halogens is 5. The van der Waals surface area contributed by atoms with Crippen LogP contribution in [-0.2, 0) is 30.2 Å². The molecule has 2 saturated heterocycles. The molecule has 0 spiro atoms. The van der Waals surface area contributed by atoms with Gasteiger partial charge in [0.25, 0.3) is 5.91 Å². The number of benzene rings is 2. The number of carbonyl (C=O) groups excluding carboxylic acids is 4. The van der Waals surface area contributed by atoms with E-state index in [0.29, 0.717) is 22.3 Å². The number of ether oxygens (including phenoxy) is 4. The Bertz CT molecular complexity index is 1940. The number of cyclic esters (lactones) is 2. The summed E-state index contributed by atoms with van der Waals surface area (Å²) in [4.78, 5) is 49.8. The number of esters is 1. The number of alkyl halides is 5. The molecule has 13 nitrogen and oxygen atoms in total. The first-order chi connectivity index (χ1) is 26.2. The molecule has 296 valence electrons. The summed E-state index contributed by atoms with van der Waals surface area (Å²) in [5.41, 5.74) is 5.67. The summed E-state index contributed by atoms with van der Waals surface area (Å²) in [6.07, 6.45) is -5.61. The number of methoxy groups -OCH3 is 1. The molecule has 2 aliphatic heterocycles. The summed E-state index contributed by atoms with van der Waals surface area (Å²) in [6.45, 7) is -1.26. The predicted octanol–water partition coefficient (Wildman–Crippen LogP) is 5.02. The summed E-state index contributed by atoms with van der Waals surface area (Å²) in [6, 6.07) is 7.45. The van der Waals surface area contributed by atoms with Gasteiger partial charge in [-0.25, -0.2) is 9.59 Å². The molecule has 0 bridgehead atoms. The fourth-order valence-corrected chi connectivity index (χ4v) is 7.34. The highest BCUT2D eigenvalue weighted by atomic mass is 32.1. The largest absolute Gasteiger partial charge is 0.508 e. The van der Waals surface area contributed by atoms with Gasteiger partial charge < -0.3 is 40.6 Å². The van der Waals surface area contributed by atoms with Crippen molar-refractivity contribution in [1.29, 1.82) is 0 Å². The maximum Gasteiger partial charge on any atom is 0.508 e. The summed E-state index contributed by atoms with van der Waals surface area (Å²) in [7, 11) is 1.08. The van der Waals surface area contributed by atoms with Crippen molar-refractivity contribution in [2.24, 2.45) is 5.73 Å². The van der Waals surface area contributed by atoms with E-state index in [9.17, 15) is 41.1 Å². The minimum absolute atomic E-state index is 0.00590. The van der Waals surface area contributed by atoms with E-state index in [1.165, 1.54) is 12.1 Å². The average molecular weight is 796 g/mol. The topological polar surface area (TPSA) is 171 Å². The molecule has 3 heterocycles. The Morgan fingerprint density at radius 2 is 1.89 bits per heavy atom. The minimum Gasteiger partial charge on any atom is -0.467 e. The second kappa shape index (κ2) is 18.3. The highest BCUT2D eigenvalue weighted by molar-refractivity contribution is 7.20. The van der Waals surface area contributed by atoms with Gasteiger partial charge in [-0.15, -0.1) is 11.3 Å². The Kier molecular flexibility index (Phi) is 13.6. The molecule has 1 aromatic heterocycles. The number of amides is 2. The maximum absolute atomic E-state index is 13.8. The van der Waals surface area contributed by atoms with E-state index in [2.05, 4.69) is 42.2 Å². The average Bonchev–Trinajstić information content (AvgIpc) is 3.70. The Morgan fingerprint density at radius 1 is 1.13 bits per heavy atom. The molecule has 3 aromatic rings. The van der Waals surface area contributed by atoms with Gasteiger partial charge in [0.05, 0.1) is 41.0 Å². The van der Waals surface area contributed by atoms with Crippen LogP contribution in [0.25, 0.3) is 10.1 Å². The van der Waals surface area contributed by atoms with Gasteiger partial charge in [-0.1, -0.05) is 24.0 Å². The fraction of sp³-hybridized carbons (Fsp3) is 0.444. The number of anilines is 2. The summed E-state index contributed by atoms with van der Waals surface area (Å²) >= 11 is 1.11. The van der Waals surface area contributed by atoms with Crippen molar-refractivity contribution in [2.75, 3.05) is 50.5 Å². The van der Waals surface area contributed by atoms with E-state index in [4.69, 9.17) is 15.2 Å². The van der Waals surface area contributed by atoms with Crippen molar-refractivity contribution in [3.63, 3.8) is 0 Å². The lowest BCUT2D eigenvalue weighted by atomic mass is 10.0. The molecule has 2 aromatic carbocycles. The Hall–Kier alpha value is -5.35. The van der Waals surface area contributed by atoms with E-state index >= 15 is 0 Å². The minimum atomic E-state index is -4.52. The number of nitrogens with two attached hydrogens (primary N) is 1. The van der Waals surface area contributed by atoms with E-state index in [-0.39, 0.29) is 59.8 Å². The standard InChI is InChI=1S/C36H38F5N5O8S/c1-51-33(49)27(9-10-30(42)47)45-32(48)20-7-8-25(28(16-20)54-34(37)38)43-13-3-6-29-24(17-36(39,40)41)23-4-2-5-26(31(23)55-29)44-21-11-14-46(15-12-21)18-22-19-52-35(50)53-22/h2,4-5,7-8,16,21-22,27,34,43-44H,9-15,17-19H2,1H3,(H2,42,47)(H,45,48). The maximum atomic E-state index is 13.8. The number of fused-ring (bicyclic) bond motifs is 1. The second-order valence-corrected chi connectivity index (χ2v) is 13.7. The van der Waals surface area contributed by atoms with Gasteiger partial charge in [-0.3, -0.25) is 14.5 Å². The molecule has 0 saturated carbocycles. The van der Waals surface area contributed by atoms with Gasteiger partial charge >= 0.3 is 24.9 Å². The van der Waals surface area contributed by atoms with Crippen molar-refractivity contribution >= 4 is 56.7 Å². The molecule has 0 radical (unpaired) electrons. The number of thiophene rings is 1. The number of piperidine rings is 1. The molecule has 5 N–H and O–H groups in total. The molecule has 2 fully saturated rings. The first kappa shape index (κ1) is 40.8. The van der Waals surface area contributed by atoms with E-state index in [1.54, 1.807) is 12.1 Å². The van der Waals surface area contributed by atoms with Gasteiger partial charge in [0.1, 0.15) is 18.4 Å². The van der Waals surface area contributed by atoms with Crippen LogP contribution in [0.5, 0.6) is 5.75 Å². The smallest absolute Gasteiger partial charge is 0.467 e. The molecule has 2 unspecified atom stereocenters. The van der Waals surface area contributed by atoms with Crippen LogP contribution in [-0.4, -0.2) is 99.7 Å². The van der Waals surface area contributed by atoms with Crippen molar-refractivity contribution in [1.82, 2.24) is 10.2 Å². The molecule has 0 aliphatic carbocycles.